The fourth-order valence-electron chi connectivity index (χ4n) is 3.33. The molecular formula is C18H19N3O. The van der Waals surface area contributed by atoms with Crippen molar-refractivity contribution in [1.29, 1.82) is 0 Å². The van der Waals surface area contributed by atoms with Crippen LogP contribution >= 0.6 is 0 Å². The molecule has 1 aliphatic rings. The van der Waals surface area contributed by atoms with Crippen molar-refractivity contribution in [2.24, 2.45) is 0 Å². The van der Waals surface area contributed by atoms with Crippen LogP contribution in [-0.2, 0) is 6.42 Å². The Morgan fingerprint density at radius 3 is 2.73 bits per heavy atom. The zero-order valence-corrected chi connectivity index (χ0v) is 12.5. The summed E-state index contributed by atoms with van der Waals surface area (Å²) >= 11 is 0. The molecule has 0 spiro atoms. The van der Waals surface area contributed by atoms with Crippen molar-refractivity contribution in [2.45, 2.75) is 12.5 Å². The summed E-state index contributed by atoms with van der Waals surface area (Å²) in [6.45, 7) is 0.964. The average Bonchev–Trinajstić information content (AvgIpc) is 2.93. The van der Waals surface area contributed by atoms with E-state index in [1.807, 2.05) is 18.2 Å². The largest absolute Gasteiger partial charge is 0.497 e. The van der Waals surface area contributed by atoms with E-state index >= 15 is 0 Å². The van der Waals surface area contributed by atoms with Crippen LogP contribution in [0.5, 0.6) is 5.75 Å². The summed E-state index contributed by atoms with van der Waals surface area (Å²) in [6, 6.07) is 14.5. The molecule has 2 heterocycles. The second-order valence-corrected chi connectivity index (χ2v) is 5.73. The molecule has 0 saturated carbocycles. The van der Waals surface area contributed by atoms with E-state index in [0.717, 1.165) is 29.9 Å². The third-order valence-electron chi connectivity index (χ3n) is 4.42. The number of hydrogen-bond acceptors (Lipinski definition) is 3. The molecule has 0 saturated heterocycles. The van der Waals surface area contributed by atoms with Gasteiger partial charge in [-0.15, -0.1) is 0 Å². The molecule has 4 nitrogen and oxygen atoms in total. The Labute approximate surface area is 129 Å². The second-order valence-electron chi connectivity index (χ2n) is 5.73. The van der Waals surface area contributed by atoms with E-state index in [1.165, 1.54) is 22.2 Å². The number of aromatic amines is 1. The molecule has 0 fully saturated rings. The van der Waals surface area contributed by atoms with E-state index in [1.54, 1.807) is 7.11 Å². The van der Waals surface area contributed by atoms with E-state index in [-0.39, 0.29) is 6.04 Å². The Balaban J connectivity index is 1.82. The number of methoxy groups -OCH3 is 1. The molecule has 1 atom stereocenters. The number of anilines is 1. The topological polar surface area (TPSA) is 63.1 Å². The Kier molecular flexibility index (Phi) is 3.05. The van der Waals surface area contributed by atoms with E-state index in [9.17, 15) is 0 Å². The van der Waals surface area contributed by atoms with Crippen LogP contribution in [-0.4, -0.2) is 18.6 Å². The van der Waals surface area contributed by atoms with Gasteiger partial charge in [-0.25, -0.2) is 0 Å². The Hall–Kier alpha value is -2.46. The number of H-pyrrole nitrogens is 1. The lowest BCUT2D eigenvalue weighted by atomic mass is 9.94. The van der Waals surface area contributed by atoms with Crippen molar-refractivity contribution in [3.05, 3.63) is 59.3 Å². The maximum atomic E-state index is 5.95. The maximum absolute atomic E-state index is 5.95. The third-order valence-corrected chi connectivity index (χ3v) is 4.42. The molecule has 2 aromatic carbocycles. The van der Waals surface area contributed by atoms with Gasteiger partial charge in [-0.1, -0.05) is 12.1 Å². The van der Waals surface area contributed by atoms with Crippen LogP contribution in [0.15, 0.2) is 42.5 Å². The fourth-order valence-corrected chi connectivity index (χ4v) is 3.33. The van der Waals surface area contributed by atoms with E-state index in [0.29, 0.717) is 0 Å². The van der Waals surface area contributed by atoms with Crippen molar-refractivity contribution in [1.82, 2.24) is 10.3 Å². The SMILES string of the molecule is COc1ccc([C@@H]2NCCc3c2[nH]c2ccc(N)cc32)cc1. The highest BCUT2D eigenvalue weighted by atomic mass is 16.5. The molecule has 1 aliphatic heterocycles. The van der Waals surface area contributed by atoms with Crippen molar-refractivity contribution >= 4 is 16.6 Å². The average molecular weight is 293 g/mol. The van der Waals surface area contributed by atoms with Gasteiger partial charge >= 0.3 is 0 Å². The number of hydrogen-bond donors (Lipinski definition) is 3. The highest BCUT2D eigenvalue weighted by Gasteiger charge is 2.25. The highest BCUT2D eigenvalue weighted by Crippen LogP contribution is 2.34. The Morgan fingerprint density at radius 1 is 1.14 bits per heavy atom. The summed E-state index contributed by atoms with van der Waals surface area (Å²) in [4.78, 5) is 3.57. The van der Waals surface area contributed by atoms with E-state index in [2.05, 4.69) is 34.6 Å². The van der Waals surface area contributed by atoms with Gasteiger partial charge in [0.25, 0.3) is 0 Å². The van der Waals surface area contributed by atoms with Crippen LogP contribution in [0.4, 0.5) is 5.69 Å². The third kappa shape index (κ3) is 2.04. The number of rotatable bonds is 2. The minimum atomic E-state index is 0.184. The molecule has 1 aromatic heterocycles. The number of nitrogens with two attached hydrogens (primary N) is 1. The van der Waals surface area contributed by atoms with Crippen LogP contribution in [0.1, 0.15) is 22.9 Å². The first kappa shape index (κ1) is 13.2. The van der Waals surface area contributed by atoms with Gasteiger partial charge in [-0.05, 0) is 47.9 Å². The Bertz CT molecular complexity index is 820. The minimum Gasteiger partial charge on any atom is -0.497 e. The normalized spacial score (nSPS) is 17.4. The zero-order valence-electron chi connectivity index (χ0n) is 12.5. The molecule has 0 amide bonds. The van der Waals surface area contributed by atoms with Crippen LogP contribution in [0.25, 0.3) is 10.9 Å². The second kappa shape index (κ2) is 5.07. The standard InChI is InChI=1S/C18H19N3O/c1-22-13-5-2-11(3-6-13)17-18-14(8-9-20-17)15-10-12(19)4-7-16(15)21-18/h2-7,10,17,20-21H,8-9,19H2,1H3/t17-/m0/s1. The van der Waals surface area contributed by atoms with Gasteiger partial charge in [0.15, 0.2) is 0 Å². The molecule has 4 heteroatoms. The molecule has 0 radical (unpaired) electrons. The minimum absolute atomic E-state index is 0.184. The highest BCUT2D eigenvalue weighted by molar-refractivity contribution is 5.88. The first-order valence-corrected chi connectivity index (χ1v) is 7.53. The number of fused-ring (bicyclic) bond motifs is 3. The van der Waals surface area contributed by atoms with Crippen LogP contribution in [0.3, 0.4) is 0 Å². The van der Waals surface area contributed by atoms with Crippen LogP contribution in [0.2, 0.25) is 0 Å². The number of aromatic nitrogens is 1. The number of benzene rings is 2. The van der Waals surface area contributed by atoms with E-state index in [4.69, 9.17) is 10.5 Å². The molecule has 4 N–H and O–H groups in total. The van der Waals surface area contributed by atoms with Gasteiger partial charge in [-0.2, -0.15) is 0 Å². The quantitative estimate of drug-likeness (QED) is 0.636. The van der Waals surface area contributed by atoms with Crippen molar-refractivity contribution in [3.63, 3.8) is 0 Å². The molecule has 0 bridgehead atoms. The number of nitrogens with one attached hydrogen (secondary N) is 2. The summed E-state index contributed by atoms with van der Waals surface area (Å²) in [7, 11) is 1.69. The fraction of sp³-hybridized carbons (Fsp3) is 0.222. The molecule has 0 unspecified atom stereocenters. The lowest BCUT2D eigenvalue weighted by Crippen LogP contribution is -2.30. The molecule has 0 aliphatic carbocycles. The van der Waals surface area contributed by atoms with Gasteiger partial charge in [0, 0.05) is 28.8 Å². The van der Waals surface area contributed by atoms with Crippen molar-refractivity contribution in [3.8, 4) is 5.75 Å². The molecule has 22 heavy (non-hydrogen) atoms. The summed E-state index contributed by atoms with van der Waals surface area (Å²) in [6.07, 6.45) is 1.02. The predicted octanol–water partition coefficient (Wildman–Crippen LogP) is 2.99. The summed E-state index contributed by atoms with van der Waals surface area (Å²) in [5.41, 5.74) is 11.8. The van der Waals surface area contributed by atoms with Gasteiger partial charge < -0.3 is 20.8 Å². The monoisotopic (exact) mass is 293 g/mol. The van der Waals surface area contributed by atoms with Crippen LogP contribution < -0.4 is 15.8 Å². The Morgan fingerprint density at radius 2 is 1.95 bits per heavy atom. The smallest absolute Gasteiger partial charge is 0.118 e. The number of nitrogen functional groups attached to an aromatic ring is 1. The summed E-state index contributed by atoms with van der Waals surface area (Å²) in [5.74, 6) is 0.879. The van der Waals surface area contributed by atoms with E-state index < -0.39 is 0 Å². The number of ether oxygens (including phenoxy) is 1. The lowest BCUT2D eigenvalue weighted by Gasteiger charge is -2.25. The van der Waals surface area contributed by atoms with Gasteiger partial charge in [0.05, 0.1) is 13.2 Å². The molecule has 3 aromatic rings. The van der Waals surface area contributed by atoms with Crippen LogP contribution in [0, 0.1) is 0 Å². The van der Waals surface area contributed by atoms with Crippen molar-refractivity contribution < 1.29 is 4.74 Å². The predicted molar refractivity (Wildman–Crippen MR) is 89.3 cm³/mol. The van der Waals surface area contributed by atoms with Gasteiger partial charge in [0.1, 0.15) is 5.75 Å². The van der Waals surface area contributed by atoms with Crippen molar-refractivity contribution in [2.75, 3.05) is 19.4 Å². The van der Waals surface area contributed by atoms with Gasteiger partial charge in [-0.3, -0.25) is 0 Å². The zero-order chi connectivity index (χ0) is 15.1. The molecular weight excluding hydrogens is 274 g/mol. The molecule has 112 valence electrons. The lowest BCUT2D eigenvalue weighted by molar-refractivity contribution is 0.414. The summed E-state index contributed by atoms with van der Waals surface area (Å²) < 4.78 is 5.25. The van der Waals surface area contributed by atoms with Gasteiger partial charge in [0.2, 0.25) is 0 Å². The summed E-state index contributed by atoms with van der Waals surface area (Å²) in [5, 5.41) is 4.85. The molecule has 4 rings (SSSR count). The first-order chi connectivity index (χ1) is 10.8. The first-order valence-electron chi connectivity index (χ1n) is 7.53. The maximum Gasteiger partial charge on any atom is 0.118 e.